The Morgan fingerprint density at radius 2 is 2.11 bits per heavy atom. The molecule has 1 heterocycles. The number of hydrogen-bond donors (Lipinski definition) is 1. The molecular formula is C13H15NO4. The number of carbonyl (C=O) groups is 2. The summed E-state index contributed by atoms with van der Waals surface area (Å²) in [5.74, 6) is -1.09. The van der Waals surface area contributed by atoms with Gasteiger partial charge in [0.1, 0.15) is 6.04 Å². The molecule has 0 bridgehead atoms. The van der Waals surface area contributed by atoms with Crippen molar-refractivity contribution >= 4 is 17.6 Å². The molecule has 1 aromatic rings. The fourth-order valence-electron chi connectivity index (χ4n) is 2.16. The summed E-state index contributed by atoms with van der Waals surface area (Å²) in [5, 5.41) is 9.09. The summed E-state index contributed by atoms with van der Waals surface area (Å²) >= 11 is 0. The molecule has 0 spiro atoms. The summed E-state index contributed by atoms with van der Waals surface area (Å²) in [6.45, 7) is 0.497. The number of carboxylic acids is 1. The minimum Gasteiger partial charge on any atom is -0.480 e. The number of carbonyl (C=O) groups excluding carboxylic acids is 1. The first kappa shape index (κ1) is 12.6. The van der Waals surface area contributed by atoms with Gasteiger partial charge in [0.05, 0.1) is 6.61 Å². The molecule has 0 aromatic heterocycles. The largest absolute Gasteiger partial charge is 0.480 e. The quantitative estimate of drug-likeness (QED) is 0.876. The Morgan fingerprint density at radius 3 is 2.67 bits per heavy atom. The molecule has 1 fully saturated rings. The van der Waals surface area contributed by atoms with Crippen LogP contribution in [0, 0.1) is 0 Å². The van der Waals surface area contributed by atoms with E-state index in [4.69, 9.17) is 9.84 Å². The summed E-state index contributed by atoms with van der Waals surface area (Å²) in [7, 11) is 1.61. The standard InChI is InChI=1S/C13H15NO4/c1-18-8-9-2-4-10(5-3-9)14-11(13(16)17)6-7-12(14)15/h2-5,11H,6-8H2,1H3,(H,16,17). The lowest BCUT2D eigenvalue weighted by Gasteiger charge is -2.21. The number of amides is 1. The fourth-order valence-corrected chi connectivity index (χ4v) is 2.16. The zero-order valence-corrected chi connectivity index (χ0v) is 10.1. The van der Waals surface area contributed by atoms with Crippen LogP contribution in [0.5, 0.6) is 0 Å². The van der Waals surface area contributed by atoms with E-state index < -0.39 is 12.0 Å². The molecule has 1 aromatic carbocycles. The second kappa shape index (κ2) is 5.18. The van der Waals surface area contributed by atoms with E-state index in [2.05, 4.69) is 0 Å². The third kappa shape index (κ3) is 2.36. The molecule has 0 saturated carbocycles. The topological polar surface area (TPSA) is 66.8 Å². The van der Waals surface area contributed by atoms with E-state index in [0.29, 0.717) is 18.7 Å². The predicted molar refractivity (Wildman–Crippen MR) is 65.3 cm³/mol. The van der Waals surface area contributed by atoms with Crippen molar-refractivity contribution < 1.29 is 19.4 Å². The number of rotatable bonds is 4. The van der Waals surface area contributed by atoms with Gasteiger partial charge in [-0.2, -0.15) is 0 Å². The summed E-state index contributed by atoms with van der Waals surface area (Å²) in [5.41, 5.74) is 1.62. The molecule has 1 unspecified atom stereocenters. The SMILES string of the molecule is COCc1ccc(N2C(=O)CCC2C(=O)O)cc1. The molecule has 2 rings (SSSR count). The average molecular weight is 249 g/mol. The first-order valence-electron chi connectivity index (χ1n) is 5.76. The highest BCUT2D eigenvalue weighted by Gasteiger charge is 2.36. The first-order chi connectivity index (χ1) is 8.63. The molecule has 1 aliphatic rings. The lowest BCUT2D eigenvalue weighted by Crippen LogP contribution is -2.38. The van der Waals surface area contributed by atoms with E-state index in [0.717, 1.165) is 5.56 Å². The highest BCUT2D eigenvalue weighted by Crippen LogP contribution is 2.27. The summed E-state index contributed by atoms with van der Waals surface area (Å²) in [6.07, 6.45) is 0.658. The predicted octanol–water partition coefficient (Wildman–Crippen LogP) is 1.41. The van der Waals surface area contributed by atoms with Crippen molar-refractivity contribution in [3.63, 3.8) is 0 Å². The molecule has 1 atom stereocenters. The number of anilines is 1. The van der Waals surface area contributed by atoms with Gasteiger partial charge in [0.2, 0.25) is 5.91 Å². The van der Waals surface area contributed by atoms with Crippen LogP contribution in [-0.4, -0.2) is 30.1 Å². The van der Waals surface area contributed by atoms with Crippen LogP contribution in [0.3, 0.4) is 0 Å². The van der Waals surface area contributed by atoms with Gasteiger partial charge < -0.3 is 9.84 Å². The summed E-state index contributed by atoms with van der Waals surface area (Å²) in [4.78, 5) is 24.2. The number of methoxy groups -OCH3 is 1. The van der Waals surface area contributed by atoms with Crippen molar-refractivity contribution in [2.45, 2.75) is 25.5 Å². The van der Waals surface area contributed by atoms with Crippen LogP contribution in [0.1, 0.15) is 18.4 Å². The number of nitrogens with zero attached hydrogens (tertiary/aromatic N) is 1. The highest BCUT2D eigenvalue weighted by atomic mass is 16.5. The molecular weight excluding hydrogens is 234 g/mol. The van der Waals surface area contributed by atoms with Gasteiger partial charge in [-0.15, -0.1) is 0 Å². The Kier molecular flexibility index (Phi) is 3.62. The number of benzene rings is 1. The number of aliphatic carboxylic acids is 1. The Balaban J connectivity index is 2.23. The van der Waals surface area contributed by atoms with Gasteiger partial charge in [-0.3, -0.25) is 9.69 Å². The summed E-state index contributed by atoms with van der Waals surface area (Å²) < 4.78 is 5.00. The molecule has 1 saturated heterocycles. The Hall–Kier alpha value is -1.88. The molecule has 5 nitrogen and oxygen atoms in total. The van der Waals surface area contributed by atoms with E-state index in [1.807, 2.05) is 12.1 Å². The van der Waals surface area contributed by atoms with Crippen LogP contribution in [0.2, 0.25) is 0 Å². The maximum atomic E-state index is 11.7. The second-order valence-electron chi connectivity index (χ2n) is 4.26. The molecule has 5 heteroatoms. The summed E-state index contributed by atoms with van der Waals surface area (Å²) in [6, 6.07) is 6.44. The zero-order chi connectivity index (χ0) is 13.1. The van der Waals surface area contributed by atoms with Crippen LogP contribution in [0.4, 0.5) is 5.69 Å². The molecule has 96 valence electrons. The number of carboxylic acid groups (broad SMARTS) is 1. The monoisotopic (exact) mass is 249 g/mol. The second-order valence-corrected chi connectivity index (χ2v) is 4.26. The van der Waals surface area contributed by atoms with E-state index in [9.17, 15) is 9.59 Å². The van der Waals surface area contributed by atoms with Crippen LogP contribution in [0.15, 0.2) is 24.3 Å². The van der Waals surface area contributed by atoms with Crippen LogP contribution < -0.4 is 4.90 Å². The third-order valence-electron chi connectivity index (χ3n) is 3.02. The minimum atomic E-state index is -0.957. The van der Waals surface area contributed by atoms with Crippen molar-refractivity contribution in [1.82, 2.24) is 0 Å². The fraction of sp³-hybridized carbons (Fsp3) is 0.385. The molecule has 0 radical (unpaired) electrons. The van der Waals surface area contributed by atoms with Crippen molar-refractivity contribution in [3.8, 4) is 0 Å². The molecule has 1 N–H and O–H groups in total. The maximum Gasteiger partial charge on any atom is 0.326 e. The molecule has 18 heavy (non-hydrogen) atoms. The van der Waals surface area contributed by atoms with Gasteiger partial charge in [0.25, 0.3) is 0 Å². The molecule has 1 aliphatic heterocycles. The number of hydrogen-bond acceptors (Lipinski definition) is 3. The highest BCUT2D eigenvalue weighted by molar-refractivity contribution is 6.02. The van der Waals surface area contributed by atoms with Gasteiger partial charge in [0, 0.05) is 19.2 Å². The lowest BCUT2D eigenvalue weighted by molar-refractivity contribution is -0.138. The Labute approximate surface area is 105 Å². The van der Waals surface area contributed by atoms with E-state index in [-0.39, 0.29) is 12.3 Å². The van der Waals surface area contributed by atoms with E-state index in [1.54, 1.807) is 19.2 Å². The Bertz CT molecular complexity index is 455. The van der Waals surface area contributed by atoms with Crippen molar-refractivity contribution in [2.24, 2.45) is 0 Å². The zero-order valence-electron chi connectivity index (χ0n) is 10.1. The van der Waals surface area contributed by atoms with Gasteiger partial charge in [-0.05, 0) is 24.1 Å². The Morgan fingerprint density at radius 1 is 1.44 bits per heavy atom. The van der Waals surface area contributed by atoms with E-state index >= 15 is 0 Å². The van der Waals surface area contributed by atoms with Gasteiger partial charge in [-0.1, -0.05) is 12.1 Å². The lowest BCUT2D eigenvalue weighted by atomic mass is 10.2. The van der Waals surface area contributed by atoms with Gasteiger partial charge in [0.15, 0.2) is 0 Å². The van der Waals surface area contributed by atoms with E-state index in [1.165, 1.54) is 4.90 Å². The van der Waals surface area contributed by atoms with Gasteiger partial charge in [-0.25, -0.2) is 4.79 Å². The normalized spacial score (nSPS) is 19.3. The first-order valence-corrected chi connectivity index (χ1v) is 5.76. The van der Waals surface area contributed by atoms with Crippen molar-refractivity contribution in [1.29, 1.82) is 0 Å². The average Bonchev–Trinajstić information content (AvgIpc) is 2.73. The third-order valence-corrected chi connectivity index (χ3v) is 3.02. The van der Waals surface area contributed by atoms with Crippen molar-refractivity contribution in [2.75, 3.05) is 12.0 Å². The number of ether oxygens (including phenoxy) is 1. The van der Waals surface area contributed by atoms with Crippen molar-refractivity contribution in [3.05, 3.63) is 29.8 Å². The van der Waals surface area contributed by atoms with Crippen LogP contribution in [-0.2, 0) is 20.9 Å². The smallest absolute Gasteiger partial charge is 0.326 e. The maximum absolute atomic E-state index is 11.7. The van der Waals surface area contributed by atoms with Gasteiger partial charge >= 0.3 is 5.97 Å². The van der Waals surface area contributed by atoms with Crippen LogP contribution >= 0.6 is 0 Å². The molecule has 0 aliphatic carbocycles. The minimum absolute atomic E-state index is 0.137. The van der Waals surface area contributed by atoms with Crippen LogP contribution in [0.25, 0.3) is 0 Å². The molecule has 1 amide bonds.